The third-order valence-corrected chi connectivity index (χ3v) is 15.6. The van der Waals surface area contributed by atoms with Crippen LogP contribution < -0.4 is 27.0 Å². The number of nitrogens with one attached hydrogen (secondary N) is 4. The van der Waals surface area contributed by atoms with Crippen molar-refractivity contribution in [1.29, 1.82) is 0 Å². The summed E-state index contributed by atoms with van der Waals surface area (Å²) in [6, 6.07) is 13.3. The molecule has 13 nitrogen and oxygen atoms in total. The Labute approximate surface area is 378 Å². The second-order valence-corrected chi connectivity index (χ2v) is 20.3. The van der Waals surface area contributed by atoms with Gasteiger partial charge in [-0.15, -0.1) is 0 Å². The zero-order valence-electron chi connectivity index (χ0n) is 35.7. The molecule has 64 heavy (non-hydrogen) atoms. The van der Waals surface area contributed by atoms with Gasteiger partial charge in [0, 0.05) is 66.2 Å². The molecular formula is C48H48Cl2FN7O6. The first-order valence-corrected chi connectivity index (χ1v) is 22.7. The van der Waals surface area contributed by atoms with E-state index in [-0.39, 0.29) is 76.0 Å². The molecule has 16 heteroatoms. The summed E-state index contributed by atoms with van der Waals surface area (Å²) in [5.41, 5.74) is 0.697. The average Bonchev–Trinajstić information content (AvgIpc) is 3.78. The van der Waals surface area contributed by atoms with E-state index in [0.717, 1.165) is 12.8 Å². The van der Waals surface area contributed by atoms with Gasteiger partial charge in [-0.2, -0.15) is 0 Å². The van der Waals surface area contributed by atoms with Gasteiger partial charge in [0.1, 0.15) is 17.3 Å². The van der Waals surface area contributed by atoms with E-state index in [2.05, 4.69) is 47.0 Å². The van der Waals surface area contributed by atoms with Gasteiger partial charge in [-0.25, -0.2) is 9.18 Å². The Kier molecular flexibility index (Phi) is 10.2. The van der Waals surface area contributed by atoms with Crippen LogP contribution in [0.3, 0.4) is 0 Å². The molecule has 5 heterocycles. The number of halogens is 3. The van der Waals surface area contributed by atoms with Crippen molar-refractivity contribution < 1.29 is 28.4 Å². The van der Waals surface area contributed by atoms with Crippen LogP contribution in [0.5, 0.6) is 0 Å². The van der Waals surface area contributed by atoms with Gasteiger partial charge >= 0.3 is 5.69 Å². The molecule has 5 fully saturated rings. The zero-order chi connectivity index (χ0) is 45.0. The van der Waals surface area contributed by atoms with E-state index in [0.29, 0.717) is 71.6 Å². The van der Waals surface area contributed by atoms with Crippen LogP contribution in [0.15, 0.2) is 59.4 Å². The molecule has 4 atom stereocenters. The molecule has 4 aromatic rings. The van der Waals surface area contributed by atoms with Gasteiger partial charge in [0.2, 0.25) is 29.5 Å². The monoisotopic (exact) mass is 907 g/mol. The Morgan fingerprint density at radius 2 is 1.67 bits per heavy atom. The van der Waals surface area contributed by atoms with Crippen LogP contribution in [-0.2, 0) is 36.4 Å². The van der Waals surface area contributed by atoms with E-state index in [4.69, 9.17) is 23.2 Å². The van der Waals surface area contributed by atoms with Crippen LogP contribution in [0, 0.1) is 34.9 Å². The standard InChI is InChI=1S/C48H48Cl2FN7O6/c1-46(2)15-17-47(18-16-46)48(31-11-10-28(49)22-33(31)53-44(48)63)38(30-5-4-6-32(50)39(30)51)40(55-47)42(61)52-29-20-27(21-29)43(62)57-23-26(24-57)8-7-25-9-12-34-36(19-25)56(3)45(64)58(34)35-13-14-37(59)54-41(35)60/h4-6,9-12,19,22,26-27,29,35,38,40,55H,13-18,20-21,23-24H2,1-3H3,(H,52,61)(H,53,63)(H,54,59,60)/t27-,29-,35?,38-,40+,48+/m0/s1. The molecule has 1 aromatic heterocycles. The third-order valence-electron chi connectivity index (χ3n) is 15.1. The number of carbonyl (C=O) groups excluding carboxylic acids is 5. The maximum absolute atomic E-state index is 16.4. The summed E-state index contributed by atoms with van der Waals surface area (Å²) >= 11 is 12.9. The Morgan fingerprint density at radius 1 is 0.922 bits per heavy atom. The minimum Gasteiger partial charge on any atom is -0.352 e. The van der Waals surface area contributed by atoms with Crippen molar-refractivity contribution in [3.8, 4) is 11.8 Å². The van der Waals surface area contributed by atoms with Gasteiger partial charge in [-0.05, 0) is 97.9 Å². The first kappa shape index (κ1) is 42.5. The molecule has 2 aliphatic carbocycles. The number of likely N-dealkylation sites (tertiary alicyclic amines) is 1. The highest BCUT2D eigenvalue weighted by Gasteiger charge is 2.73. The van der Waals surface area contributed by atoms with Crippen molar-refractivity contribution in [2.45, 2.75) is 100 Å². The molecule has 1 unspecified atom stereocenters. The largest absolute Gasteiger partial charge is 0.352 e. The summed E-state index contributed by atoms with van der Waals surface area (Å²) in [6.45, 7) is 5.35. The van der Waals surface area contributed by atoms with Crippen LogP contribution in [0.1, 0.15) is 93.9 Å². The van der Waals surface area contributed by atoms with E-state index in [1.165, 1.54) is 15.2 Å². The highest BCUT2D eigenvalue weighted by molar-refractivity contribution is 6.31. The lowest BCUT2D eigenvalue weighted by Gasteiger charge is -2.50. The molecule has 0 bridgehead atoms. The number of rotatable bonds is 5. The van der Waals surface area contributed by atoms with Crippen LogP contribution >= 0.6 is 23.2 Å². The summed E-state index contributed by atoms with van der Waals surface area (Å²) < 4.78 is 19.3. The van der Waals surface area contributed by atoms with E-state index in [1.807, 2.05) is 6.07 Å². The number of benzene rings is 3. The number of fused-ring (bicyclic) bond motifs is 4. The highest BCUT2D eigenvalue weighted by Crippen LogP contribution is 2.64. The van der Waals surface area contributed by atoms with E-state index < -0.39 is 40.7 Å². The number of amides is 5. The van der Waals surface area contributed by atoms with Crippen LogP contribution in [-0.4, -0.2) is 74.3 Å². The fraction of sp³-hybridized carbons (Fsp3) is 0.458. The Balaban J connectivity index is 0.824. The Hall–Kier alpha value is -5.49. The van der Waals surface area contributed by atoms with E-state index >= 15 is 4.39 Å². The van der Waals surface area contributed by atoms with E-state index in [9.17, 15) is 28.8 Å². The highest BCUT2D eigenvalue weighted by atomic mass is 35.5. The van der Waals surface area contributed by atoms with Crippen molar-refractivity contribution in [3.63, 3.8) is 0 Å². The fourth-order valence-corrected chi connectivity index (χ4v) is 11.9. The topological polar surface area (TPSA) is 164 Å². The lowest BCUT2D eigenvalue weighted by atomic mass is 9.53. The van der Waals surface area contributed by atoms with Crippen molar-refractivity contribution >= 4 is 69.5 Å². The van der Waals surface area contributed by atoms with Crippen molar-refractivity contribution in [3.05, 3.63) is 97.6 Å². The van der Waals surface area contributed by atoms with E-state index in [1.54, 1.807) is 54.4 Å². The van der Waals surface area contributed by atoms with Gasteiger partial charge in [0.15, 0.2) is 0 Å². The predicted molar refractivity (Wildman–Crippen MR) is 238 cm³/mol. The summed E-state index contributed by atoms with van der Waals surface area (Å²) in [5, 5.41) is 12.6. The Bertz CT molecular complexity index is 2820. The molecule has 2 spiro atoms. The first-order valence-electron chi connectivity index (χ1n) is 22.0. The van der Waals surface area contributed by atoms with Crippen LogP contribution in [0.2, 0.25) is 10.0 Å². The summed E-state index contributed by atoms with van der Waals surface area (Å²) in [6.07, 6.45) is 4.03. The van der Waals surface area contributed by atoms with Crippen molar-refractivity contribution in [2.24, 2.45) is 24.3 Å². The number of aryl methyl sites for hydroxylation is 1. The van der Waals surface area contributed by atoms with Crippen molar-refractivity contribution in [2.75, 3.05) is 18.4 Å². The number of imidazole rings is 1. The number of nitrogens with zero attached hydrogens (tertiary/aromatic N) is 3. The molecular weight excluding hydrogens is 860 g/mol. The molecule has 4 aliphatic heterocycles. The number of hydrogen-bond donors (Lipinski definition) is 4. The Morgan fingerprint density at radius 3 is 2.41 bits per heavy atom. The normalized spacial score (nSPS) is 27.9. The zero-order valence-corrected chi connectivity index (χ0v) is 37.2. The molecule has 5 amide bonds. The van der Waals surface area contributed by atoms with Crippen LogP contribution in [0.4, 0.5) is 10.1 Å². The minimum absolute atomic E-state index is 0.00689. The molecule has 10 rings (SSSR count). The number of imide groups is 1. The SMILES string of the molecule is Cn1c(=O)n(C2CCC(=O)NC2=O)c2ccc(C#CC3CN(C(=O)[C@H]4C[C@H](NC(=O)[C@@H]5NC6(CCC(C)(C)CC6)[C@@]6(C(=O)Nc7cc(Cl)ccc76)[C@H]5c5cccc(Cl)c5F)C4)C3)cc21. The minimum atomic E-state index is -1.36. The molecule has 3 saturated heterocycles. The molecule has 4 N–H and O–H groups in total. The first-order chi connectivity index (χ1) is 30.5. The van der Waals surface area contributed by atoms with Gasteiger partial charge in [-0.3, -0.25) is 43.7 Å². The number of aromatic nitrogens is 2. The van der Waals surface area contributed by atoms with Crippen molar-refractivity contribution in [1.82, 2.24) is 30.0 Å². The maximum Gasteiger partial charge on any atom is 0.329 e. The molecule has 0 radical (unpaired) electrons. The second-order valence-electron chi connectivity index (χ2n) is 19.4. The fourth-order valence-electron chi connectivity index (χ4n) is 11.5. The third kappa shape index (κ3) is 6.59. The maximum atomic E-state index is 16.4. The van der Waals surface area contributed by atoms with Crippen LogP contribution in [0.25, 0.3) is 11.0 Å². The quantitative estimate of drug-likeness (QED) is 0.153. The smallest absolute Gasteiger partial charge is 0.329 e. The second kappa shape index (κ2) is 15.3. The summed E-state index contributed by atoms with van der Waals surface area (Å²) in [4.78, 5) is 82.2. The molecule has 3 aromatic carbocycles. The average molecular weight is 909 g/mol. The number of piperidine rings is 1. The lowest BCUT2D eigenvalue weighted by molar-refractivity contribution is -0.145. The summed E-state index contributed by atoms with van der Waals surface area (Å²) in [7, 11) is 1.63. The van der Waals surface area contributed by atoms with Gasteiger partial charge in [0.25, 0.3) is 0 Å². The molecule has 2 saturated carbocycles. The summed E-state index contributed by atoms with van der Waals surface area (Å²) in [5.74, 6) is 3.00. The number of carbonyl (C=O) groups is 5. The van der Waals surface area contributed by atoms with Gasteiger partial charge in [-0.1, -0.05) is 67.1 Å². The number of hydrogen-bond acceptors (Lipinski definition) is 7. The number of anilines is 1. The molecule has 6 aliphatic rings. The predicted octanol–water partition coefficient (Wildman–Crippen LogP) is 5.45. The van der Waals surface area contributed by atoms with Gasteiger partial charge < -0.3 is 15.5 Å². The molecule has 332 valence electrons. The lowest BCUT2D eigenvalue weighted by Crippen LogP contribution is -2.61. The van der Waals surface area contributed by atoms with Gasteiger partial charge in [0.05, 0.1) is 28.0 Å².